The van der Waals surface area contributed by atoms with Gasteiger partial charge in [-0.2, -0.15) is 0 Å². The number of benzene rings is 1. The number of halogens is 3. The Balaban J connectivity index is 1.82. The average molecular weight is 324 g/mol. The molecule has 0 amide bonds. The Morgan fingerprint density at radius 2 is 1.91 bits per heavy atom. The van der Waals surface area contributed by atoms with Gasteiger partial charge < -0.3 is 10.2 Å². The summed E-state index contributed by atoms with van der Waals surface area (Å²) < 4.78 is 26.3. The van der Waals surface area contributed by atoms with Crippen molar-refractivity contribution in [2.75, 3.05) is 31.1 Å². The molecular weight excluding hydrogens is 308 g/mol. The second-order valence-electron chi connectivity index (χ2n) is 6.11. The number of alkyl halides is 2. The summed E-state index contributed by atoms with van der Waals surface area (Å²) in [6.45, 7) is 3.80. The lowest BCUT2D eigenvalue weighted by molar-refractivity contribution is 0.146. The Morgan fingerprint density at radius 3 is 2.59 bits per heavy atom. The van der Waals surface area contributed by atoms with Gasteiger partial charge in [-0.25, -0.2) is 13.8 Å². The molecule has 0 bridgehead atoms. The van der Waals surface area contributed by atoms with Crippen molar-refractivity contribution < 1.29 is 8.78 Å². The molecule has 2 fully saturated rings. The highest BCUT2D eigenvalue weighted by Gasteiger charge is 2.36. The number of fused-ring (bicyclic) bond motifs is 2. The zero-order chi connectivity index (χ0) is 15.3. The summed E-state index contributed by atoms with van der Waals surface area (Å²) in [5, 5.41) is 4.84. The van der Waals surface area contributed by atoms with Crippen molar-refractivity contribution in [2.45, 2.75) is 6.43 Å². The minimum Gasteiger partial charge on any atom is -0.370 e. The Labute approximate surface area is 132 Å². The van der Waals surface area contributed by atoms with Crippen LogP contribution in [-0.2, 0) is 0 Å². The van der Waals surface area contributed by atoms with Crippen LogP contribution in [0, 0.1) is 11.8 Å². The van der Waals surface area contributed by atoms with Gasteiger partial charge in [0.2, 0.25) is 0 Å². The number of nitrogens with zero attached hydrogens (tertiary/aromatic N) is 2. The fourth-order valence-electron chi connectivity index (χ4n) is 3.63. The standard InChI is InChI=1S/C16H16ClF2N3/c17-11-1-2-13-12(3-11)15(4-14(21-13)16(18)19)22-7-9-5-20-6-10(9)8-22/h1-4,9-10,16,20H,5-8H2/t9-,10+. The summed E-state index contributed by atoms with van der Waals surface area (Å²) in [7, 11) is 0. The van der Waals surface area contributed by atoms with E-state index in [0.717, 1.165) is 37.3 Å². The van der Waals surface area contributed by atoms with Crippen LogP contribution in [0.25, 0.3) is 10.9 Å². The first-order valence-corrected chi connectivity index (χ1v) is 7.83. The summed E-state index contributed by atoms with van der Waals surface area (Å²) in [6.07, 6.45) is -2.57. The van der Waals surface area contributed by atoms with E-state index in [0.29, 0.717) is 22.4 Å². The number of anilines is 1. The molecule has 116 valence electrons. The fourth-order valence-corrected chi connectivity index (χ4v) is 3.80. The van der Waals surface area contributed by atoms with Gasteiger partial charge in [0.15, 0.2) is 0 Å². The first-order valence-electron chi connectivity index (χ1n) is 7.46. The molecule has 2 aromatic rings. The lowest BCUT2D eigenvalue weighted by Crippen LogP contribution is -2.25. The Bertz CT molecular complexity index is 710. The van der Waals surface area contributed by atoms with Crippen molar-refractivity contribution >= 4 is 28.2 Å². The van der Waals surface area contributed by atoms with E-state index in [1.165, 1.54) is 6.07 Å². The van der Waals surface area contributed by atoms with Crippen LogP contribution in [0.5, 0.6) is 0 Å². The number of nitrogens with one attached hydrogen (secondary N) is 1. The van der Waals surface area contributed by atoms with Crippen LogP contribution in [0.15, 0.2) is 24.3 Å². The van der Waals surface area contributed by atoms with E-state index >= 15 is 0 Å². The van der Waals surface area contributed by atoms with Crippen molar-refractivity contribution in [3.8, 4) is 0 Å². The van der Waals surface area contributed by atoms with E-state index in [1.807, 2.05) is 6.07 Å². The molecule has 3 heterocycles. The molecule has 3 nitrogen and oxygen atoms in total. The maximum absolute atomic E-state index is 13.2. The molecule has 2 atom stereocenters. The quantitative estimate of drug-likeness (QED) is 0.917. The monoisotopic (exact) mass is 323 g/mol. The SMILES string of the molecule is FC(F)c1cc(N2C[C@H]3CNC[C@H]3C2)c2cc(Cl)ccc2n1. The van der Waals surface area contributed by atoms with E-state index in [9.17, 15) is 8.78 Å². The van der Waals surface area contributed by atoms with E-state index < -0.39 is 6.43 Å². The minimum absolute atomic E-state index is 0.167. The molecule has 1 aromatic carbocycles. The predicted molar refractivity (Wildman–Crippen MR) is 83.8 cm³/mol. The van der Waals surface area contributed by atoms with Crippen LogP contribution in [0.3, 0.4) is 0 Å². The Morgan fingerprint density at radius 1 is 1.18 bits per heavy atom. The summed E-state index contributed by atoms with van der Waals surface area (Å²) in [5.41, 5.74) is 1.24. The van der Waals surface area contributed by atoms with Crippen LogP contribution >= 0.6 is 11.6 Å². The molecule has 4 rings (SSSR count). The van der Waals surface area contributed by atoms with Crippen molar-refractivity contribution in [1.29, 1.82) is 0 Å². The summed E-state index contributed by atoms with van der Waals surface area (Å²) in [6, 6.07) is 6.75. The summed E-state index contributed by atoms with van der Waals surface area (Å²) in [5.74, 6) is 1.19. The number of pyridine rings is 1. The van der Waals surface area contributed by atoms with E-state index in [1.54, 1.807) is 12.1 Å². The zero-order valence-corrected chi connectivity index (χ0v) is 12.7. The third kappa shape index (κ3) is 2.32. The lowest BCUT2D eigenvalue weighted by atomic mass is 10.0. The third-order valence-electron chi connectivity index (χ3n) is 4.72. The van der Waals surface area contributed by atoms with Crippen molar-refractivity contribution in [3.63, 3.8) is 0 Å². The average Bonchev–Trinajstić information content (AvgIpc) is 3.07. The molecule has 0 saturated carbocycles. The second-order valence-corrected chi connectivity index (χ2v) is 6.55. The number of aromatic nitrogens is 1. The van der Waals surface area contributed by atoms with Crippen LogP contribution in [-0.4, -0.2) is 31.2 Å². The first-order chi connectivity index (χ1) is 10.6. The molecule has 0 unspecified atom stereocenters. The van der Waals surface area contributed by atoms with Gasteiger partial charge in [0.1, 0.15) is 5.69 Å². The molecule has 0 aliphatic carbocycles. The highest BCUT2D eigenvalue weighted by molar-refractivity contribution is 6.31. The van der Waals surface area contributed by atoms with Gasteiger partial charge in [0, 0.05) is 42.3 Å². The molecule has 1 N–H and O–H groups in total. The topological polar surface area (TPSA) is 28.2 Å². The predicted octanol–water partition coefficient (Wildman–Crippen LogP) is 3.48. The van der Waals surface area contributed by atoms with E-state index in [4.69, 9.17) is 11.6 Å². The van der Waals surface area contributed by atoms with Crippen LogP contribution in [0.2, 0.25) is 5.02 Å². The van der Waals surface area contributed by atoms with Crippen molar-refractivity contribution in [3.05, 3.63) is 35.0 Å². The zero-order valence-electron chi connectivity index (χ0n) is 11.9. The maximum Gasteiger partial charge on any atom is 0.280 e. The molecule has 2 saturated heterocycles. The van der Waals surface area contributed by atoms with Crippen molar-refractivity contribution in [2.24, 2.45) is 11.8 Å². The highest BCUT2D eigenvalue weighted by atomic mass is 35.5. The molecule has 22 heavy (non-hydrogen) atoms. The number of rotatable bonds is 2. The summed E-state index contributed by atoms with van der Waals surface area (Å²) >= 11 is 6.09. The fraction of sp³-hybridized carbons (Fsp3) is 0.438. The van der Waals surface area contributed by atoms with Gasteiger partial charge in [-0.3, -0.25) is 0 Å². The highest BCUT2D eigenvalue weighted by Crippen LogP contribution is 2.37. The number of hydrogen-bond donors (Lipinski definition) is 1. The van der Waals surface area contributed by atoms with Crippen molar-refractivity contribution in [1.82, 2.24) is 10.3 Å². The largest absolute Gasteiger partial charge is 0.370 e. The normalized spacial score (nSPS) is 24.5. The summed E-state index contributed by atoms with van der Waals surface area (Å²) in [4.78, 5) is 6.28. The van der Waals surface area contributed by atoms with E-state index in [-0.39, 0.29) is 5.69 Å². The minimum atomic E-state index is -2.57. The molecule has 2 aliphatic rings. The van der Waals surface area contributed by atoms with Crippen LogP contribution < -0.4 is 10.2 Å². The first kappa shape index (κ1) is 14.2. The van der Waals surface area contributed by atoms with Gasteiger partial charge >= 0.3 is 0 Å². The third-order valence-corrected chi connectivity index (χ3v) is 4.96. The smallest absolute Gasteiger partial charge is 0.280 e. The Kier molecular flexibility index (Phi) is 3.42. The molecular formula is C16H16ClF2N3. The van der Waals surface area contributed by atoms with E-state index in [2.05, 4.69) is 15.2 Å². The molecule has 2 aliphatic heterocycles. The molecule has 1 aromatic heterocycles. The molecule has 0 radical (unpaired) electrons. The maximum atomic E-state index is 13.2. The Hall–Kier alpha value is -1.46. The van der Waals surface area contributed by atoms with Gasteiger partial charge in [-0.15, -0.1) is 0 Å². The second kappa shape index (κ2) is 5.32. The van der Waals surface area contributed by atoms with Gasteiger partial charge in [0.05, 0.1) is 5.52 Å². The molecule has 6 heteroatoms. The van der Waals surface area contributed by atoms with Gasteiger partial charge in [0.25, 0.3) is 6.43 Å². The molecule has 0 spiro atoms. The van der Waals surface area contributed by atoms with Crippen LogP contribution in [0.4, 0.5) is 14.5 Å². The van der Waals surface area contributed by atoms with Gasteiger partial charge in [-0.1, -0.05) is 11.6 Å². The van der Waals surface area contributed by atoms with Crippen LogP contribution in [0.1, 0.15) is 12.1 Å². The van der Waals surface area contributed by atoms with Gasteiger partial charge in [-0.05, 0) is 36.1 Å². The lowest BCUT2D eigenvalue weighted by Gasteiger charge is -2.22. The number of hydrogen-bond acceptors (Lipinski definition) is 3.